The number of benzene rings is 1. The van der Waals surface area contributed by atoms with Crippen LogP contribution < -0.4 is 0 Å². The monoisotopic (exact) mass is 293 g/mol. The van der Waals surface area contributed by atoms with E-state index in [2.05, 4.69) is 11.8 Å². The number of rotatable bonds is 4. The van der Waals surface area contributed by atoms with E-state index >= 15 is 0 Å². The molecule has 1 aromatic rings. The summed E-state index contributed by atoms with van der Waals surface area (Å²) >= 11 is 0. The van der Waals surface area contributed by atoms with E-state index in [1.807, 2.05) is 0 Å². The first kappa shape index (κ1) is 15.0. The smallest absolute Gasteiger partial charge is 0.243 e. The lowest BCUT2D eigenvalue weighted by Crippen LogP contribution is -2.29. The van der Waals surface area contributed by atoms with E-state index in [1.54, 1.807) is 32.2 Å². The van der Waals surface area contributed by atoms with Crippen LogP contribution in [0.2, 0.25) is 0 Å². The van der Waals surface area contributed by atoms with Crippen LogP contribution in [0.5, 0.6) is 0 Å². The predicted octanol–water partition coefficient (Wildman–Crippen LogP) is 1.51. The van der Waals surface area contributed by atoms with E-state index in [-0.39, 0.29) is 12.6 Å². The summed E-state index contributed by atoms with van der Waals surface area (Å²) in [6, 6.07) is 5.34. The van der Waals surface area contributed by atoms with Gasteiger partial charge in [-0.05, 0) is 37.5 Å². The van der Waals surface area contributed by atoms with Crippen molar-refractivity contribution in [3.05, 3.63) is 29.3 Å². The fraction of sp³-hybridized carbons (Fsp3) is 0.467. The molecule has 5 heteroatoms. The molecule has 1 fully saturated rings. The van der Waals surface area contributed by atoms with Crippen LogP contribution in [0.3, 0.4) is 0 Å². The van der Waals surface area contributed by atoms with Crippen molar-refractivity contribution in [2.75, 3.05) is 13.7 Å². The molecule has 0 aliphatic heterocycles. The van der Waals surface area contributed by atoms with Gasteiger partial charge in [0.25, 0.3) is 0 Å². The number of nitrogens with zero attached hydrogens (tertiary/aromatic N) is 1. The molecule has 0 radical (unpaired) electrons. The average molecular weight is 293 g/mol. The molecule has 1 N–H and O–H groups in total. The second-order valence-electron chi connectivity index (χ2n) is 5.01. The molecule has 20 heavy (non-hydrogen) atoms. The van der Waals surface area contributed by atoms with Crippen molar-refractivity contribution in [1.29, 1.82) is 0 Å². The first-order chi connectivity index (χ1) is 9.46. The largest absolute Gasteiger partial charge is 0.395 e. The van der Waals surface area contributed by atoms with Gasteiger partial charge in [0, 0.05) is 25.1 Å². The van der Waals surface area contributed by atoms with Crippen LogP contribution in [0.15, 0.2) is 23.1 Å². The zero-order chi connectivity index (χ0) is 14.8. The van der Waals surface area contributed by atoms with Gasteiger partial charge in [-0.15, -0.1) is 0 Å². The normalized spacial score (nSPS) is 15.0. The molecule has 0 heterocycles. The molecule has 0 aromatic heterocycles. The molecule has 1 aliphatic rings. The summed E-state index contributed by atoms with van der Waals surface area (Å²) in [5, 5.41) is 8.71. The molecule has 0 atom stereocenters. The Kier molecular flexibility index (Phi) is 4.48. The molecule has 1 saturated carbocycles. The molecule has 2 rings (SSSR count). The number of aliphatic hydroxyl groups is 1. The third-order valence-corrected chi connectivity index (χ3v) is 5.43. The summed E-state index contributed by atoms with van der Waals surface area (Å²) in [5.74, 6) is 5.68. The van der Waals surface area contributed by atoms with Crippen molar-refractivity contribution in [3.63, 3.8) is 0 Å². The SMILES string of the molecule is Cc1ccc(C#CCCO)cc1S(=O)(=O)N(C)C1CC1. The van der Waals surface area contributed by atoms with Crippen LogP contribution in [-0.4, -0.2) is 37.5 Å². The van der Waals surface area contributed by atoms with Crippen molar-refractivity contribution in [1.82, 2.24) is 4.31 Å². The quantitative estimate of drug-likeness (QED) is 0.856. The Morgan fingerprint density at radius 1 is 1.40 bits per heavy atom. The van der Waals surface area contributed by atoms with Gasteiger partial charge in [-0.1, -0.05) is 17.9 Å². The number of aliphatic hydroxyl groups excluding tert-OH is 1. The predicted molar refractivity (Wildman–Crippen MR) is 77.7 cm³/mol. The zero-order valence-corrected chi connectivity index (χ0v) is 12.6. The van der Waals surface area contributed by atoms with Gasteiger partial charge in [0.1, 0.15) is 0 Å². The molecular formula is C15H19NO3S. The molecule has 4 nitrogen and oxygen atoms in total. The van der Waals surface area contributed by atoms with Crippen LogP contribution >= 0.6 is 0 Å². The Hall–Kier alpha value is -1.35. The molecule has 0 amide bonds. The van der Waals surface area contributed by atoms with Crippen molar-refractivity contribution in [2.45, 2.75) is 37.1 Å². The van der Waals surface area contributed by atoms with E-state index in [0.717, 1.165) is 18.4 Å². The maximum atomic E-state index is 12.6. The Morgan fingerprint density at radius 3 is 2.70 bits per heavy atom. The molecule has 1 aromatic carbocycles. The minimum absolute atomic E-state index is 0.00837. The number of sulfonamides is 1. The standard InChI is InChI=1S/C15H19NO3S/c1-12-6-7-13(5-3-4-10-17)11-15(12)20(18,19)16(2)14-8-9-14/h6-7,11,14,17H,4,8-10H2,1-2H3. The fourth-order valence-electron chi connectivity index (χ4n) is 1.97. The Bertz CT molecular complexity index is 651. The number of hydrogen-bond donors (Lipinski definition) is 1. The highest BCUT2D eigenvalue weighted by molar-refractivity contribution is 7.89. The zero-order valence-electron chi connectivity index (χ0n) is 11.8. The van der Waals surface area contributed by atoms with Crippen LogP contribution in [0.25, 0.3) is 0 Å². The molecule has 0 saturated heterocycles. The maximum absolute atomic E-state index is 12.6. The van der Waals surface area contributed by atoms with Crippen molar-refractivity contribution >= 4 is 10.0 Å². The van der Waals surface area contributed by atoms with Crippen molar-refractivity contribution in [2.24, 2.45) is 0 Å². The fourth-order valence-corrected chi connectivity index (χ4v) is 3.63. The summed E-state index contributed by atoms with van der Waals surface area (Å²) in [5.41, 5.74) is 1.39. The summed E-state index contributed by atoms with van der Waals surface area (Å²) in [7, 11) is -1.81. The molecule has 0 spiro atoms. The number of aryl methyl sites for hydroxylation is 1. The summed E-state index contributed by atoms with van der Waals surface area (Å²) in [6.07, 6.45) is 2.26. The van der Waals surface area contributed by atoms with Gasteiger partial charge in [0.15, 0.2) is 0 Å². The average Bonchev–Trinajstić information content (AvgIpc) is 3.24. The molecule has 1 aliphatic carbocycles. The van der Waals surface area contributed by atoms with Crippen LogP contribution in [0.4, 0.5) is 0 Å². The summed E-state index contributed by atoms with van der Waals surface area (Å²) in [4.78, 5) is 0.322. The Labute approximate surface area is 120 Å². The van der Waals surface area contributed by atoms with E-state index in [4.69, 9.17) is 5.11 Å². The summed E-state index contributed by atoms with van der Waals surface area (Å²) in [6.45, 7) is 1.80. The molecule has 108 valence electrons. The maximum Gasteiger partial charge on any atom is 0.243 e. The Balaban J connectivity index is 2.36. The van der Waals surface area contributed by atoms with Gasteiger partial charge in [0.2, 0.25) is 10.0 Å². The lowest BCUT2D eigenvalue weighted by Gasteiger charge is -2.18. The lowest BCUT2D eigenvalue weighted by atomic mass is 10.1. The van der Waals surface area contributed by atoms with Crippen molar-refractivity contribution < 1.29 is 13.5 Å². The van der Waals surface area contributed by atoms with Gasteiger partial charge >= 0.3 is 0 Å². The Morgan fingerprint density at radius 2 is 2.10 bits per heavy atom. The van der Waals surface area contributed by atoms with E-state index in [1.165, 1.54) is 4.31 Å². The summed E-state index contributed by atoms with van der Waals surface area (Å²) < 4.78 is 26.6. The van der Waals surface area contributed by atoms with Gasteiger partial charge in [-0.25, -0.2) is 8.42 Å². The van der Waals surface area contributed by atoms with Gasteiger partial charge < -0.3 is 5.11 Å². The highest BCUT2D eigenvalue weighted by Gasteiger charge is 2.35. The third kappa shape index (κ3) is 3.21. The van der Waals surface area contributed by atoms with Gasteiger partial charge in [-0.3, -0.25) is 0 Å². The molecular weight excluding hydrogens is 274 g/mol. The van der Waals surface area contributed by atoms with E-state index in [9.17, 15) is 8.42 Å². The topological polar surface area (TPSA) is 57.6 Å². The van der Waals surface area contributed by atoms with Crippen LogP contribution in [0.1, 0.15) is 30.4 Å². The van der Waals surface area contributed by atoms with Crippen LogP contribution in [0, 0.1) is 18.8 Å². The second-order valence-corrected chi connectivity index (χ2v) is 6.97. The second kappa shape index (κ2) is 5.96. The van der Waals surface area contributed by atoms with Gasteiger partial charge in [-0.2, -0.15) is 4.31 Å². The lowest BCUT2D eigenvalue weighted by molar-refractivity contribution is 0.305. The first-order valence-electron chi connectivity index (χ1n) is 6.65. The van der Waals surface area contributed by atoms with Crippen LogP contribution in [-0.2, 0) is 10.0 Å². The molecule has 0 bridgehead atoms. The minimum atomic E-state index is -3.44. The minimum Gasteiger partial charge on any atom is -0.395 e. The third-order valence-electron chi connectivity index (χ3n) is 3.38. The first-order valence-corrected chi connectivity index (χ1v) is 8.09. The van der Waals surface area contributed by atoms with Gasteiger partial charge in [0.05, 0.1) is 11.5 Å². The molecule has 0 unspecified atom stereocenters. The van der Waals surface area contributed by atoms with E-state index < -0.39 is 10.0 Å². The van der Waals surface area contributed by atoms with E-state index in [0.29, 0.717) is 16.9 Å². The van der Waals surface area contributed by atoms with Crippen molar-refractivity contribution in [3.8, 4) is 11.8 Å². The number of hydrogen-bond acceptors (Lipinski definition) is 3. The highest BCUT2D eigenvalue weighted by Crippen LogP contribution is 2.31. The highest BCUT2D eigenvalue weighted by atomic mass is 32.2.